The van der Waals surface area contributed by atoms with E-state index >= 15 is 0 Å². The molecule has 1 atom stereocenters. The van der Waals surface area contributed by atoms with Gasteiger partial charge in [-0.1, -0.05) is 22.0 Å². The highest BCUT2D eigenvalue weighted by atomic mass is 79.9. The largest absolute Gasteiger partial charge is 0.377 e. The molecule has 2 rings (SSSR count). The van der Waals surface area contributed by atoms with Gasteiger partial charge in [0, 0.05) is 31.1 Å². The summed E-state index contributed by atoms with van der Waals surface area (Å²) in [7, 11) is 0. The number of anilines is 1. The molecule has 20 heavy (non-hydrogen) atoms. The Morgan fingerprint density at radius 1 is 1.55 bits per heavy atom. The smallest absolute Gasteiger partial charge is 0.292 e. The van der Waals surface area contributed by atoms with Crippen molar-refractivity contribution in [2.24, 2.45) is 0 Å². The highest BCUT2D eigenvalue weighted by Crippen LogP contribution is 2.32. The Hall–Kier alpha value is -1.14. The van der Waals surface area contributed by atoms with Gasteiger partial charge in [0.25, 0.3) is 5.69 Å². The molecule has 0 aromatic heterocycles. The third-order valence-electron chi connectivity index (χ3n) is 3.51. The van der Waals surface area contributed by atoms with Crippen molar-refractivity contribution in [3.63, 3.8) is 0 Å². The van der Waals surface area contributed by atoms with Crippen molar-refractivity contribution in [1.29, 1.82) is 0 Å². The Labute approximate surface area is 127 Å². The zero-order valence-electron chi connectivity index (χ0n) is 11.5. The average molecular weight is 343 g/mol. The fourth-order valence-corrected chi connectivity index (χ4v) is 2.94. The number of nitro benzene ring substituents is 1. The third-order valence-corrected chi connectivity index (χ3v) is 4.16. The van der Waals surface area contributed by atoms with Gasteiger partial charge in [-0.25, -0.2) is 0 Å². The first-order chi connectivity index (χ1) is 9.65. The van der Waals surface area contributed by atoms with E-state index < -0.39 is 0 Å². The number of rotatable bonds is 5. The summed E-state index contributed by atoms with van der Waals surface area (Å²) in [6.07, 6.45) is 2.20. The summed E-state index contributed by atoms with van der Waals surface area (Å²) in [6.45, 7) is 4.23. The lowest BCUT2D eigenvalue weighted by Crippen LogP contribution is -2.40. The van der Waals surface area contributed by atoms with E-state index in [0.717, 1.165) is 31.5 Å². The van der Waals surface area contributed by atoms with Crippen LogP contribution in [0.1, 0.15) is 25.3 Å². The fraction of sp³-hybridized carbons (Fsp3) is 0.571. The molecule has 0 spiro atoms. The van der Waals surface area contributed by atoms with Crippen molar-refractivity contribution in [2.75, 3.05) is 24.6 Å². The van der Waals surface area contributed by atoms with E-state index in [1.54, 1.807) is 6.07 Å². The van der Waals surface area contributed by atoms with Crippen molar-refractivity contribution < 1.29 is 9.66 Å². The molecule has 0 amide bonds. The van der Waals surface area contributed by atoms with E-state index in [9.17, 15) is 10.1 Å². The Morgan fingerprint density at radius 3 is 3.00 bits per heavy atom. The lowest BCUT2D eigenvalue weighted by atomic mass is 10.1. The second-order valence-corrected chi connectivity index (χ2v) is 5.44. The molecule has 0 N–H and O–H groups in total. The van der Waals surface area contributed by atoms with Crippen molar-refractivity contribution in [1.82, 2.24) is 0 Å². The first-order valence-corrected chi connectivity index (χ1v) is 7.97. The lowest BCUT2D eigenvalue weighted by molar-refractivity contribution is -0.384. The van der Waals surface area contributed by atoms with Crippen LogP contribution in [0.2, 0.25) is 0 Å². The summed E-state index contributed by atoms with van der Waals surface area (Å²) < 4.78 is 5.66. The minimum atomic E-state index is -0.300. The number of nitrogens with zero attached hydrogens (tertiary/aromatic N) is 2. The van der Waals surface area contributed by atoms with Gasteiger partial charge in [0.1, 0.15) is 5.69 Å². The summed E-state index contributed by atoms with van der Waals surface area (Å²) in [5, 5.41) is 11.9. The van der Waals surface area contributed by atoms with E-state index in [0.29, 0.717) is 17.6 Å². The fourth-order valence-electron chi connectivity index (χ4n) is 2.59. The molecule has 1 fully saturated rings. The molecule has 1 aliphatic rings. The quantitative estimate of drug-likeness (QED) is 0.467. The summed E-state index contributed by atoms with van der Waals surface area (Å²) >= 11 is 3.34. The molecule has 0 saturated carbocycles. The Morgan fingerprint density at radius 2 is 2.35 bits per heavy atom. The molecule has 1 saturated heterocycles. The molecule has 1 aliphatic heterocycles. The van der Waals surface area contributed by atoms with Crippen LogP contribution in [-0.4, -0.2) is 30.7 Å². The lowest BCUT2D eigenvalue weighted by Gasteiger charge is -2.33. The van der Waals surface area contributed by atoms with Crippen LogP contribution in [0.15, 0.2) is 18.2 Å². The molecule has 1 heterocycles. The van der Waals surface area contributed by atoms with Crippen molar-refractivity contribution in [3.8, 4) is 0 Å². The van der Waals surface area contributed by atoms with Gasteiger partial charge in [-0.3, -0.25) is 10.1 Å². The normalized spacial score (nSPS) is 19.1. The van der Waals surface area contributed by atoms with Gasteiger partial charge in [-0.2, -0.15) is 0 Å². The minimum absolute atomic E-state index is 0.171. The van der Waals surface area contributed by atoms with Crippen LogP contribution < -0.4 is 4.90 Å². The van der Waals surface area contributed by atoms with Gasteiger partial charge in [0.05, 0.1) is 11.0 Å². The number of hydrogen-bond donors (Lipinski definition) is 0. The van der Waals surface area contributed by atoms with E-state index in [-0.39, 0.29) is 16.7 Å². The monoisotopic (exact) mass is 342 g/mol. The van der Waals surface area contributed by atoms with Crippen molar-refractivity contribution in [3.05, 3.63) is 33.9 Å². The second-order valence-electron chi connectivity index (χ2n) is 4.88. The summed E-state index contributed by atoms with van der Waals surface area (Å²) in [5.74, 6) is 0. The summed E-state index contributed by atoms with van der Waals surface area (Å²) in [5.41, 5.74) is 1.79. The number of hydrogen-bond acceptors (Lipinski definition) is 4. The molecule has 1 aromatic rings. The molecule has 6 heteroatoms. The van der Waals surface area contributed by atoms with Crippen LogP contribution in [0, 0.1) is 10.1 Å². The number of alkyl halides is 1. The predicted octanol–water partition coefficient (Wildman–Crippen LogP) is 3.50. The van der Waals surface area contributed by atoms with Gasteiger partial charge in [0.15, 0.2) is 0 Å². The van der Waals surface area contributed by atoms with Gasteiger partial charge in [-0.15, -0.1) is 0 Å². The third kappa shape index (κ3) is 3.49. The number of ether oxygens (including phenoxy) is 1. The number of benzene rings is 1. The van der Waals surface area contributed by atoms with Crippen molar-refractivity contribution in [2.45, 2.75) is 31.2 Å². The topological polar surface area (TPSA) is 55.6 Å². The maximum Gasteiger partial charge on any atom is 0.292 e. The Kier molecular flexibility index (Phi) is 5.37. The summed E-state index contributed by atoms with van der Waals surface area (Å²) in [6, 6.07) is 5.43. The first kappa shape index (κ1) is 15.3. The number of piperidine rings is 1. The SMILES string of the molecule is CCOC1CCCN(c2ccc(CBr)cc2[N+](=O)[O-])C1. The first-order valence-electron chi connectivity index (χ1n) is 6.85. The maximum atomic E-state index is 11.3. The molecule has 1 aromatic carbocycles. The summed E-state index contributed by atoms with van der Waals surface area (Å²) in [4.78, 5) is 13.0. The Bertz CT molecular complexity index is 479. The molecule has 110 valence electrons. The molecular weight excluding hydrogens is 324 g/mol. The van der Waals surface area contributed by atoms with Crippen molar-refractivity contribution >= 4 is 27.3 Å². The molecule has 0 bridgehead atoms. The van der Waals surface area contributed by atoms with Crippen LogP contribution in [0.3, 0.4) is 0 Å². The van der Waals surface area contributed by atoms with Crippen LogP contribution >= 0.6 is 15.9 Å². The van der Waals surface area contributed by atoms with E-state index in [2.05, 4.69) is 20.8 Å². The average Bonchev–Trinajstić information content (AvgIpc) is 2.47. The van der Waals surface area contributed by atoms with Crippen LogP contribution in [-0.2, 0) is 10.1 Å². The van der Waals surface area contributed by atoms with E-state index in [4.69, 9.17) is 4.74 Å². The molecular formula is C14H19BrN2O3. The molecule has 0 radical (unpaired) electrons. The zero-order chi connectivity index (χ0) is 14.5. The van der Waals surface area contributed by atoms with E-state index in [1.165, 1.54) is 0 Å². The predicted molar refractivity (Wildman–Crippen MR) is 82.6 cm³/mol. The molecule has 1 unspecified atom stereocenters. The van der Waals surface area contributed by atoms with Gasteiger partial charge in [0.2, 0.25) is 0 Å². The highest BCUT2D eigenvalue weighted by Gasteiger charge is 2.25. The van der Waals surface area contributed by atoms with Gasteiger partial charge < -0.3 is 9.64 Å². The van der Waals surface area contributed by atoms with Gasteiger partial charge >= 0.3 is 0 Å². The number of nitro groups is 1. The molecule has 5 nitrogen and oxygen atoms in total. The van der Waals surface area contributed by atoms with Crippen LogP contribution in [0.4, 0.5) is 11.4 Å². The van der Waals surface area contributed by atoms with Crippen LogP contribution in [0.5, 0.6) is 0 Å². The minimum Gasteiger partial charge on any atom is -0.377 e. The maximum absolute atomic E-state index is 11.3. The molecule has 0 aliphatic carbocycles. The Balaban J connectivity index is 2.24. The number of halogens is 1. The van der Waals surface area contributed by atoms with Crippen LogP contribution in [0.25, 0.3) is 0 Å². The van der Waals surface area contributed by atoms with E-state index in [1.807, 2.05) is 19.1 Å². The zero-order valence-corrected chi connectivity index (χ0v) is 13.1. The standard InChI is InChI=1S/C14H19BrN2O3/c1-2-20-12-4-3-7-16(10-12)13-6-5-11(9-15)8-14(13)17(18)19/h5-6,8,12H,2-4,7,9-10H2,1H3. The van der Waals surface area contributed by atoms with Gasteiger partial charge in [-0.05, 0) is 31.4 Å². The highest BCUT2D eigenvalue weighted by molar-refractivity contribution is 9.08. The second kappa shape index (κ2) is 7.04.